The van der Waals surface area contributed by atoms with Gasteiger partial charge in [0.05, 0.1) is 0 Å². The third-order valence-corrected chi connectivity index (χ3v) is 4.05. The molecule has 0 spiro atoms. The number of rotatable bonds is 5. The van der Waals surface area contributed by atoms with Crippen LogP contribution in [0, 0.1) is 6.92 Å². The molecule has 3 N–H and O–H groups in total. The van der Waals surface area contributed by atoms with Gasteiger partial charge < -0.3 is 10.9 Å². The lowest BCUT2D eigenvalue weighted by molar-refractivity contribution is 0.318. The maximum Gasteiger partial charge on any atom is 0.189 e. The average molecular weight is 287 g/mol. The van der Waals surface area contributed by atoms with Crippen molar-refractivity contribution in [3.63, 3.8) is 0 Å². The molecule has 0 unspecified atom stereocenters. The lowest BCUT2D eigenvalue weighted by Gasteiger charge is -2.08. The Labute approximate surface area is 122 Å². The van der Waals surface area contributed by atoms with E-state index in [1.807, 2.05) is 18.2 Å². The minimum Gasteiger partial charge on any atom is -0.409 e. The molecule has 1 heterocycles. The highest BCUT2D eigenvalue weighted by Gasteiger charge is 2.08. The van der Waals surface area contributed by atoms with Gasteiger partial charge in [-0.3, -0.25) is 4.98 Å². The molecule has 0 radical (unpaired) electrons. The summed E-state index contributed by atoms with van der Waals surface area (Å²) in [6.45, 7) is 2.11. The number of amidine groups is 1. The number of aryl methyl sites for hydroxylation is 1. The van der Waals surface area contributed by atoms with Crippen LogP contribution in [0.15, 0.2) is 47.8 Å². The van der Waals surface area contributed by atoms with Gasteiger partial charge in [0.1, 0.15) is 5.69 Å². The van der Waals surface area contributed by atoms with Crippen LogP contribution in [0.3, 0.4) is 0 Å². The zero-order valence-electron chi connectivity index (χ0n) is 11.3. The van der Waals surface area contributed by atoms with Crippen molar-refractivity contribution in [2.24, 2.45) is 10.9 Å². The van der Waals surface area contributed by atoms with Crippen LogP contribution >= 0.6 is 11.8 Å². The summed E-state index contributed by atoms with van der Waals surface area (Å²) in [5, 5.41) is 11.8. The quantitative estimate of drug-likeness (QED) is 0.384. The Balaban J connectivity index is 2.03. The molecule has 20 heavy (non-hydrogen) atoms. The Hall–Kier alpha value is -2.01. The first-order chi connectivity index (χ1) is 9.72. The molecule has 0 atom stereocenters. The summed E-state index contributed by atoms with van der Waals surface area (Å²) >= 11 is 1.78. The van der Waals surface area contributed by atoms with Gasteiger partial charge in [0.25, 0.3) is 0 Å². The lowest BCUT2D eigenvalue weighted by Crippen LogP contribution is -2.17. The van der Waals surface area contributed by atoms with Crippen molar-refractivity contribution in [3.8, 4) is 0 Å². The predicted octanol–water partition coefficient (Wildman–Crippen LogP) is 2.92. The number of pyridine rings is 1. The van der Waals surface area contributed by atoms with E-state index in [1.165, 1.54) is 11.1 Å². The first-order valence-corrected chi connectivity index (χ1v) is 7.42. The van der Waals surface area contributed by atoms with Crippen molar-refractivity contribution in [2.45, 2.75) is 18.4 Å². The van der Waals surface area contributed by atoms with Crippen molar-refractivity contribution in [1.29, 1.82) is 0 Å². The molecule has 2 rings (SSSR count). The summed E-state index contributed by atoms with van der Waals surface area (Å²) in [5.74, 6) is 1.75. The zero-order chi connectivity index (χ0) is 14.4. The zero-order valence-corrected chi connectivity index (χ0v) is 12.1. The molecule has 0 amide bonds. The van der Waals surface area contributed by atoms with Gasteiger partial charge in [-0.1, -0.05) is 35.5 Å². The summed E-state index contributed by atoms with van der Waals surface area (Å²) in [6.07, 6.45) is 1.64. The third kappa shape index (κ3) is 3.51. The largest absolute Gasteiger partial charge is 0.409 e. The van der Waals surface area contributed by atoms with Crippen LogP contribution in [0.2, 0.25) is 0 Å². The van der Waals surface area contributed by atoms with Crippen molar-refractivity contribution >= 4 is 17.6 Å². The highest BCUT2D eigenvalue weighted by Crippen LogP contribution is 2.21. The second-order valence-electron chi connectivity index (χ2n) is 4.42. The Morgan fingerprint density at radius 2 is 1.90 bits per heavy atom. The Bertz CT molecular complexity index is 614. The van der Waals surface area contributed by atoms with Gasteiger partial charge in [0.2, 0.25) is 0 Å². The van der Waals surface area contributed by atoms with E-state index in [2.05, 4.69) is 35.3 Å². The Morgan fingerprint density at radius 1 is 1.20 bits per heavy atom. The molecule has 0 saturated carbocycles. The number of nitrogens with zero attached hydrogens (tertiary/aromatic N) is 2. The molecule has 0 fully saturated rings. The fourth-order valence-electron chi connectivity index (χ4n) is 1.88. The number of aromatic nitrogens is 1. The molecule has 1 aromatic heterocycles. The van der Waals surface area contributed by atoms with Gasteiger partial charge >= 0.3 is 0 Å². The summed E-state index contributed by atoms with van der Waals surface area (Å²) in [6, 6.07) is 12.1. The van der Waals surface area contributed by atoms with E-state index in [9.17, 15) is 0 Å². The SMILES string of the molecule is Cc1ccccc1CSCc1cccnc1C(N)=NO. The summed E-state index contributed by atoms with van der Waals surface area (Å²) < 4.78 is 0. The molecular formula is C15H17N3OS. The summed E-state index contributed by atoms with van der Waals surface area (Å²) in [4.78, 5) is 4.16. The van der Waals surface area contributed by atoms with Crippen LogP contribution in [0.4, 0.5) is 0 Å². The number of oxime groups is 1. The molecule has 0 aliphatic heterocycles. The Morgan fingerprint density at radius 3 is 2.65 bits per heavy atom. The molecule has 0 saturated heterocycles. The van der Waals surface area contributed by atoms with Crippen LogP contribution in [0.25, 0.3) is 0 Å². The Kier molecular flexibility index (Phi) is 5.01. The second-order valence-corrected chi connectivity index (χ2v) is 5.40. The van der Waals surface area contributed by atoms with E-state index < -0.39 is 0 Å². The van der Waals surface area contributed by atoms with Crippen molar-refractivity contribution in [2.75, 3.05) is 0 Å². The van der Waals surface area contributed by atoms with Crippen LogP contribution in [0.5, 0.6) is 0 Å². The first kappa shape index (κ1) is 14.4. The maximum atomic E-state index is 8.77. The number of benzene rings is 1. The average Bonchev–Trinajstić information content (AvgIpc) is 2.49. The van der Waals surface area contributed by atoms with E-state index in [0.29, 0.717) is 5.69 Å². The normalized spacial score (nSPS) is 11.6. The summed E-state index contributed by atoms with van der Waals surface area (Å²) in [7, 11) is 0. The van der Waals surface area contributed by atoms with E-state index in [1.54, 1.807) is 18.0 Å². The molecule has 0 bridgehead atoms. The topological polar surface area (TPSA) is 71.5 Å². The molecule has 4 nitrogen and oxygen atoms in total. The van der Waals surface area contributed by atoms with Gasteiger partial charge in [-0.25, -0.2) is 0 Å². The van der Waals surface area contributed by atoms with Crippen molar-refractivity contribution in [3.05, 3.63) is 65.0 Å². The molecule has 0 aliphatic rings. The molecule has 0 aliphatic carbocycles. The molecule has 1 aromatic carbocycles. The summed E-state index contributed by atoms with van der Waals surface area (Å²) in [5.41, 5.74) is 9.77. The minimum atomic E-state index is 0.0529. The van der Waals surface area contributed by atoms with Gasteiger partial charge in [-0.15, -0.1) is 0 Å². The number of thioether (sulfide) groups is 1. The van der Waals surface area contributed by atoms with Gasteiger partial charge in [0.15, 0.2) is 5.84 Å². The van der Waals surface area contributed by atoms with Crippen molar-refractivity contribution in [1.82, 2.24) is 4.98 Å². The number of hydrogen-bond acceptors (Lipinski definition) is 4. The van der Waals surface area contributed by atoms with E-state index in [0.717, 1.165) is 17.1 Å². The van der Waals surface area contributed by atoms with E-state index in [-0.39, 0.29) is 5.84 Å². The lowest BCUT2D eigenvalue weighted by atomic mass is 10.1. The highest BCUT2D eigenvalue weighted by atomic mass is 32.2. The van der Waals surface area contributed by atoms with Crippen LogP contribution < -0.4 is 5.73 Å². The fourth-order valence-corrected chi connectivity index (χ4v) is 2.97. The highest BCUT2D eigenvalue weighted by molar-refractivity contribution is 7.97. The van der Waals surface area contributed by atoms with Crippen LogP contribution in [-0.2, 0) is 11.5 Å². The minimum absolute atomic E-state index is 0.0529. The van der Waals surface area contributed by atoms with Crippen molar-refractivity contribution < 1.29 is 5.21 Å². The van der Waals surface area contributed by atoms with Crippen LogP contribution in [0.1, 0.15) is 22.4 Å². The van der Waals surface area contributed by atoms with Crippen LogP contribution in [-0.4, -0.2) is 16.0 Å². The molecule has 5 heteroatoms. The monoisotopic (exact) mass is 287 g/mol. The third-order valence-electron chi connectivity index (χ3n) is 3.02. The number of hydrogen-bond donors (Lipinski definition) is 2. The standard InChI is InChI=1S/C15H17N3OS/c1-11-5-2-3-6-12(11)9-20-10-13-7-4-8-17-14(13)15(16)18-19/h2-8,19H,9-10H2,1H3,(H2,16,18). The first-order valence-electron chi connectivity index (χ1n) is 6.26. The van der Waals surface area contributed by atoms with Gasteiger partial charge in [-0.05, 0) is 29.7 Å². The van der Waals surface area contributed by atoms with E-state index in [4.69, 9.17) is 10.9 Å². The smallest absolute Gasteiger partial charge is 0.189 e. The van der Waals surface area contributed by atoms with Gasteiger partial charge in [-0.2, -0.15) is 11.8 Å². The molecule has 104 valence electrons. The second kappa shape index (κ2) is 6.96. The predicted molar refractivity (Wildman–Crippen MR) is 82.9 cm³/mol. The number of nitrogens with two attached hydrogens (primary N) is 1. The van der Waals surface area contributed by atoms with E-state index >= 15 is 0 Å². The fraction of sp³-hybridized carbons (Fsp3) is 0.200. The van der Waals surface area contributed by atoms with Gasteiger partial charge in [0, 0.05) is 17.7 Å². The maximum absolute atomic E-state index is 8.77. The molecule has 2 aromatic rings. The molecular weight excluding hydrogens is 270 g/mol.